The number of nitrogens with one attached hydrogen (secondary N) is 1. The number of carboxylic acid groups (broad SMARTS) is 1. The van der Waals surface area contributed by atoms with Crippen LogP contribution in [0.2, 0.25) is 0 Å². The second-order valence-electron chi connectivity index (χ2n) is 6.28. The number of carbonyl (C=O) groups excluding carboxylic acids is 1. The number of aromatic carboxylic acids is 1. The molecule has 0 radical (unpaired) electrons. The molecule has 1 aromatic carbocycles. The molecule has 26 heavy (non-hydrogen) atoms. The summed E-state index contributed by atoms with van der Waals surface area (Å²) in [5.41, 5.74) is 0.0476. The SMILES string of the molecule is C1CCC2=NCCCN2CC1.O=C(O)c1ccccc1C(=O)NCCO. The Balaban J connectivity index is 0.000000195. The van der Waals surface area contributed by atoms with Gasteiger partial charge in [-0.05, 0) is 31.4 Å². The number of nitrogens with zero attached hydrogens (tertiary/aromatic N) is 2. The van der Waals surface area contributed by atoms with E-state index in [0.717, 1.165) is 6.54 Å². The highest BCUT2D eigenvalue weighted by atomic mass is 16.4. The highest BCUT2D eigenvalue weighted by Gasteiger charge is 2.16. The summed E-state index contributed by atoms with van der Waals surface area (Å²) in [6, 6.07) is 5.92. The van der Waals surface area contributed by atoms with E-state index in [0.29, 0.717) is 0 Å². The summed E-state index contributed by atoms with van der Waals surface area (Å²) in [5, 5.41) is 19.7. The Morgan fingerprint density at radius 3 is 2.54 bits per heavy atom. The van der Waals surface area contributed by atoms with Crippen LogP contribution in [0.5, 0.6) is 0 Å². The number of fused-ring (bicyclic) bond motifs is 1. The maximum atomic E-state index is 11.4. The van der Waals surface area contributed by atoms with Crippen molar-refractivity contribution in [2.24, 2.45) is 4.99 Å². The molecule has 0 aliphatic carbocycles. The molecule has 1 aromatic rings. The van der Waals surface area contributed by atoms with Gasteiger partial charge >= 0.3 is 5.97 Å². The van der Waals surface area contributed by atoms with Crippen LogP contribution < -0.4 is 5.32 Å². The Labute approximate surface area is 153 Å². The van der Waals surface area contributed by atoms with Gasteiger partial charge in [0.05, 0.1) is 23.6 Å². The molecule has 7 heteroatoms. The number of aliphatic hydroxyl groups excluding tert-OH is 1. The lowest BCUT2D eigenvalue weighted by molar-refractivity contribution is 0.0691. The average Bonchev–Trinajstić information content (AvgIpc) is 2.92. The van der Waals surface area contributed by atoms with Crippen LogP contribution in [0.3, 0.4) is 0 Å². The van der Waals surface area contributed by atoms with Gasteiger partial charge in [-0.1, -0.05) is 18.6 Å². The van der Waals surface area contributed by atoms with E-state index in [9.17, 15) is 9.59 Å². The highest BCUT2D eigenvalue weighted by Crippen LogP contribution is 2.15. The van der Waals surface area contributed by atoms with Crippen LogP contribution in [0.15, 0.2) is 29.3 Å². The van der Waals surface area contributed by atoms with Gasteiger partial charge in [-0.15, -0.1) is 0 Å². The van der Waals surface area contributed by atoms with Crippen LogP contribution in [0.1, 0.15) is 52.8 Å². The van der Waals surface area contributed by atoms with Crippen molar-refractivity contribution in [2.75, 3.05) is 32.8 Å². The lowest BCUT2D eigenvalue weighted by atomic mass is 10.1. The molecule has 0 atom stereocenters. The third-order valence-corrected chi connectivity index (χ3v) is 4.37. The predicted octanol–water partition coefficient (Wildman–Crippen LogP) is 1.77. The molecule has 0 spiro atoms. The lowest BCUT2D eigenvalue weighted by Gasteiger charge is -2.27. The van der Waals surface area contributed by atoms with Gasteiger partial charge in [-0.2, -0.15) is 0 Å². The van der Waals surface area contributed by atoms with E-state index in [1.165, 1.54) is 63.2 Å². The van der Waals surface area contributed by atoms with E-state index in [-0.39, 0.29) is 24.3 Å². The Morgan fingerprint density at radius 1 is 1.08 bits per heavy atom. The minimum absolute atomic E-state index is 0.0482. The molecule has 3 rings (SSSR count). The third-order valence-electron chi connectivity index (χ3n) is 4.37. The van der Waals surface area contributed by atoms with Crippen molar-refractivity contribution < 1.29 is 19.8 Å². The smallest absolute Gasteiger partial charge is 0.336 e. The molecule has 2 aliphatic rings. The van der Waals surface area contributed by atoms with Crippen LogP contribution in [-0.4, -0.2) is 65.6 Å². The van der Waals surface area contributed by atoms with Gasteiger partial charge in [0.15, 0.2) is 0 Å². The van der Waals surface area contributed by atoms with Crippen LogP contribution in [0, 0.1) is 0 Å². The van der Waals surface area contributed by atoms with E-state index < -0.39 is 11.9 Å². The van der Waals surface area contributed by atoms with Crippen LogP contribution in [-0.2, 0) is 0 Å². The summed E-state index contributed by atoms with van der Waals surface area (Å²) >= 11 is 0. The van der Waals surface area contributed by atoms with Crippen molar-refractivity contribution in [1.82, 2.24) is 10.2 Å². The number of hydrogen-bond acceptors (Lipinski definition) is 5. The topological polar surface area (TPSA) is 102 Å². The quantitative estimate of drug-likeness (QED) is 0.758. The van der Waals surface area contributed by atoms with Crippen LogP contribution >= 0.6 is 0 Å². The van der Waals surface area contributed by atoms with Gasteiger partial charge in [0.2, 0.25) is 0 Å². The Bertz CT molecular complexity index is 645. The Morgan fingerprint density at radius 2 is 1.81 bits per heavy atom. The first kappa shape index (κ1) is 19.9. The van der Waals surface area contributed by atoms with Gasteiger partial charge < -0.3 is 20.4 Å². The van der Waals surface area contributed by atoms with Crippen LogP contribution in [0.4, 0.5) is 0 Å². The molecular formula is C19H27N3O4. The number of carboxylic acids is 1. The van der Waals surface area contributed by atoms with Crippen molar-refractivity contribution in [2.45, 2.75) is 32.1 Å². The number of amides is 1. The fourth-order valence-electron chi connectivity index (χ4n) is 3.07. The lowest BCUT2D eigenvalue weighted by Crippen LogP contribution is -2.34. The summed E-state index contributed by atoms with van der Waals surface area (Å²) in [6.45, 7) is 3.53. The maximum absolute atomic E-state index is 11.4. The first-order chi connectivity index (χ1) is 12.6. The molecule has 1 saturated heterocycles. The minimum Gasteiger partial charge on any atom is -0.478 e. The van der Waals surface area contributed by atoms with E-state index in [4.69, 9.17) is 10.2 Å². The number of aliphatic imine (C=N–C) groups is 1. The second-order valence-corrected chi connectivity index (χ2v) is 6.28. The summed E-state index contributed by atoms with van der Waals surface area (Å²) in [5.74, 6) is -0.249. The van der Waals surface area contributed by atoms with Gasteiger partial charge in [-0.25, -0.2) is 4.79 Å². The Kier molecular flexibility index (Phi) is 8.08. The van der Waals surface area contributed by atoms with Crippen molar-refractivity contribution in [3.05, 3.63) is 35.4 Å². The fraction of sp³-hybridized carbons (Fsp3) is 0.526. The van der Waals surface area contributed by atoms with E-state index in [1.807, 2.05) is 0 Å². The standard InChI is InChI=1S/C10H11NO4.C9H16N2/c12-6-5-11-9(13)7-3-1-2-4-8(7)10(14)15;1-2-5-9-10-6-4-8-11(9)7-3-1/h1-4,12H,5-6H2,(H,11,13)(H,14,15);1-8H2. The maximum Gasteiger partial charge on any atom is 0.336 e. The molecule has 2 aliphatic heterocycles. The molecule has 0 saturated carbocycles. The number of aliphatic hydroxyl groups is 1. The predicted molar refractivity (Wildman–Crippen MR) is 99.8 cm³/mol. The Hall–Kier alpha value is -2.41. The summed E-state index contributed by atoms with van der Waals surface area (Å²) < 4.78 is 0. The van der Waals surface area contributed by atoms with E-state index in [2.05, 4.69) is 15.2 Å². The first-order valence-electron chi connectivity index (χ1n) is 9.13. The van der Waals surface area contributed by atoms with Crippen molar-refractivity contribution in [3.63, 3.8) is 0 Å². The molecule has 1 fully saturated rings. The molecule has 3 N–H and O–H groups in total. The molecule has 0 unspecified atom stereocenters. The zero-order valence-corrected chi connectivity index (χ0v) is 15.0. The normalized spacial score (nSPS) is 16.3. The number of carbonyl (C=O) groups is 2. The van der Waals surface area contributed by atoms with E-state index in [1.54, 1.807) is 12.1 Å². The minimum atomic E-state index is -1.15. The zero-order valence-electron chi connectivity index (χ0n) is 15.0. The molecule has 1 amide bonds. The van der Waals surface area contributed by atoms with Crippen molar-refractivity contribution in [3.8, 4) is 0 Å². The second kappa shape index (κ2) is 10.6. The van der Waals surface area contributed by atoms with E-state index >= 15 is 0 Å². The zero-order chi connectivity index (χ0) is 18.8. The van der Waals surface area contributed by atoms with Gasteiger partial charge in [0, 0.05) is 32.6 Å². The molecule has 142 valence electrons. The number of benzene rings is 1. The van der Waals surface area contributed by atoms with Crippen molar-refractivity contribution in [1.29, 1.82) is 0 Å². The number of rotatable bonds is 4. The fourth-order valence-corrected chi connectivity index (χ4v) is 3.07. The monoisotopic (exact) mass is 361 g/mol. The van der Waals surface area contributed by atoms with Gasteiger partial charge in [0.1, 0.15) is 0 Å². The molecule has 7 nitrogen and oxygen atoms in total. The third kappa shape index (κ3) is 5.84. The first-order valence-corrected chi connectivity index (χ1v) is 9.13. The largest absolute Gasteiger partial charge is 0.478 e. The highest BCUT2D eigenvalue weighted by molar-refractivity contribution is 6.04. The van der Waals surface area contributed by atoms with Crippen molar-refractivity contribution >= 4 is 17.7 Å². The van der Waals surface area contributed by atoms with Crippen LogP contribution in [0.25, 0.3) is 0 Å². The summed E-state index contributed by atoms with van der Waals surface area (Å²) in [4.78, 5) is 29.3. The molecule has 2 heterocycles. The molecular weight excluding hydrogens is 334 g/mol. The molecule has 0 aromatic heterocycles. The van der Waals surface area contributed by atoms with Gasteiger partial charge in [-0.3, -0.25) is 9.79 Å². The number of amidine groups is 1. The van der Waals surface area contributed by atoms with Gasteiger partial charge in [0.25, 0.3) is 5.91 Å². The summed E-state index contributed by atoms with van der Waals surface area (Å²) in [6.07, 6.45) is 6.63. The average molecular weight is 361 g/mol. The molecule has 0 bridgehead atoms. The number of hydrogen-bond donors (Lipinski definition) is 3. The summed E-state index contributed by atoms with van der Waals surface area (Å²) in [7, 11) is 0.